The number of ether oxygens (including phenoxy) is 3. The van der Waals surface area contributed by atoms with Crippen LogP contribution in [0.2, 0.25) is 0 Å². The zero-order valence-electron chi connectivity index (χ0n) is 45.9. The molecule has 6 heteroatoms. The maximum absolute atomic E-state index is 12.7. The molecule has 0 radical (unpaired) electrons. The Labute approximate surface area is 441 Å². The zero-order chi connectivity index (χ0) is 52.2. The van der Waals surface area contributed by atoms with Crippen molar-refractivity contribution >= 4 is 17.9 Å². The van der Waals surface area contributed by atoms with Gasteiger partial charge in [0.2, 0.25) is 0 Å². The standard InChI is InChI=1S/C66H102O6/c1-4-7-10-13-16-19-21-23-24-25-26-27-28-29-30-31-32-33-34-35-36-37-38-39-40-41-42-44-45-47-50-53-56-59-65(68)71-62-63(61-70-64(67)58-55-52-49-18-15-12-9-6-3)72-66(69)60-57-54-51-48-46-43-22-20-17-14-11-8-5-2/h7-8,10-11,16-17,19-20,23-24,26-27,29-30,32-33,35-36,38-39,41-43,46,51,54,63H,4-6,9,12-15,18,21-22,25,28,31,34,37,40,44-45,47-50,52-53,55-62H2,1-3H3/b10-7-,11-8-,19-16-,20-17-,24-23-,27-26-,30-29-,33-32-,36-35-,39-38-,42-41-,46-43-,54-51-. The van der Waals surface area contributed by atoms with Crippen molar-refractivity contribution in [2.24, 2.45) is 0 Å². The molecule has 0 aliphatic rings. The summed E-state index contributed by atoms with van der Waals surface area (Å²) in [7, 11) is 0. The van der Waals surface area contributed by atoms with Gasteiger partial charge in [0.25, 0.3) is 0 Å². The summed E-state index contributed by atoms with van der Waals surface area (Å²) in [6, 6.07) is 0. The Morgan fingerprint density at radius 1 is 0.292 bits per heavy atom. The van der Waals surface area contributed by atoms with Crippen molar-refractivity contribution in [3.05, 3.63) is 158 Å². The highest BCUT2D eigenvalue weighted by Gasteiger charge is 2.19. The minimum atomic E-state index is -0.827. The summed E-state index contributed by atoms with van der Waals surface area (Å²) >= 11 is 0. The van der Waals surface area contributed by atoms with E-state index in [1.807, 2.05) is 12.2 Å². The Hall–Kier alpha value is -4.97. The molecule has 0 rings (SSSR count). The highest BCUT2D eigenvalue weighted by molar-refractivity contribution is 5.71. The summed E-state index contributed by atoms with van der Waals surface area (Å²) in [4.78, 5) is 37.9. The van der Waals surface area contributed by atoms with Crippen molar-refractivity contribution in [2.75, 3.05) is 13.2 Å². The summed E-state index contributed by atoms with van der Waals surface area (Å²) < 4.78 is 16.7. The molecule has 6 nitrogen and oxygen atoms in total. The van der Waals surface area contributed by atoms with Crippen LogP contribution in [0.25, 0.3) is 0 Å². The number of carbonyl (C=O) groups excluding carboxylic acids is 3. The number of hydrogen-bond donors (Lipinski definition) is 0. The Bertz CT molecular complexity index is 1660. The zero-order valence-corrected chi connectivity index (χ0v) is 45.9. The van der Waals surface area contributed by atoms with Crippen molar-refractivity contribution in [3.63, 3.8) is 0 Å². The second-order valence-electron chi connectivity index (χ2n) is 18.1. The van der Waals surface area contributed by atoms with Gasteiger partial charge in [-0.25, -0.2) is 0 Å². The average molecular weight is 992 g/mol. The monoisotopic (exact) mass is 991 g/mol. The minimum Gasteiger partial charge on any atom is -0.462 e. The third-order valence-electron chi connectivity index (χ3n) is 11.3. The van der Waals surface area contributed by atoms with E-state index >= 15 is 0 Å². The van der Waals surface area contributed by atoms with Crippen molar-refractivity contribution in [2.45, 2.75) is 226 Å². The fraction of sp³-hybridized carbons (Fsp3) is 0.561. The molecule has 0 saturated heterocycles. The Morgan fingerprint density at radius 3 is 0.903 bits per heavy atom. The lowest BCUT2D eigenvalue weighted by atomic mass is 10.1. The molecular weight excluding hydrogens is 889 g/mol. The molecule has 0 heterocycles. The van der Waals surface area contributed by atoms with E-state index in [2.05, 4.69) is 167 Å². The lowest BCUT2D eigenvalue weighted by Gasteiger charge is -2.18. The van der Waals surface area contributed by atoms with Crippen LogP contribution in [-0.2, 0) is 28.6 Å². The number of hydrogen-bond acceptors (Lipinski definition) is 6. The predicted octanol–water partition coefficient (Wildman–Crippen LogP) is 19.4. The van der Waals surface area contributed by atoms with E-state index in [1.165, 1.54) is 32.1 Å². The molecule has 0 aliphatic carbocycles. The van der Waals surface area contributed by atoms with Gasteiger partial charge in [0.15, 0.2) is 6.10 Å². The van der Waals surface area contributed by atoms with E-state index < -0.39 is 12.1 Å². The second kappa shape index (κ2) is 58.6. The molecule has 0 fully saturated rings. The molecule has 0 aliphatic heterocycles. The molecule has 0 aromatic rings. The van der Waals surface area contributed by atoms with Crippen LogP contribution in [0.5, 0.6) is 0 Å². The van der Waals surface area contributed by atoms with Crippen molar-refractivity contribution in [1.82, 2.24) is 0 Å². The Kier molecular flexibility index (Phi) is 54.6. The van der Waals surface area contributed by atoms with Gasteiger partial charge in [0, 0.05) is 19.3 Å². The Morgan fingerprint density at radius 2 is 0.569 bits per heavy atom. The molecule has 1 unspecified atom stereocenters. The van der Waals surface area contributed by atoms with E-state index in [4.69, 9.17) is 14.2 Å². The molecular formula is C66H102O6. The van der Waals surface area contributed by atoms with Crippen LogP contribution in [0.4, 0.5) is 0 Å². The topological polar surface area (TPSA) is 78.9 Å². The van der Waals surface area contributed by atoms with Crippen LogP contribution >= 0.6 is 0 Å². The van der Waals surface area contributed by atoms with E-state index in [1.54, 1.807) is 0 Å². The summed E-state index contributed by atoms with van der Waals surface area (Å²) in [5.41, 5.74) is 0. The lowest BCUT2D eigenvalue weighted by molar-refractivity contribution is -0.166. The third-order valence-corrected chi connectivity index (χ3v) is 11.3. The summed E-state index contributed by atoms with van der Waals surface area (Å²) in [5.74, 6) is -1.04. The highest BCUT2D eigenvalue weighted by atomic mass is 16.6. The van der Waals surface area contributed by atoms with Crippen LogP contribution in [0, 0.1) is 0 Å². The van der Waals surface area contributed by atoms with Crippen LogP contribution in [0.3, 0.4) is 0 Å². The summed E-state index contributed by atoms with van der Waals surface area (Å²) in [6.07, 6.45) is 85.6. The molecule has 0 N–H and O–H groups in total. The largest absolute Gasteiger partial charge is 0.462 e. The van der Waals surface area contributed by atoms with Gasteiger partial charge >= 0.3 is 17.9 Å². The second-order valence-corrected chi connectivity index (χ2v) is 18.1. The third kappa shape index (κ3) is 56.0. The van der Waals surface area contributed by atoms with E-state index in [-0.39, 0.29) is 31.6 Å². The van der Waals surface area contributed by atoms with Crippen molar-refractivity contribution in [1.29, 1.82) is 0 Å². The van der Waals surface area contributed by atoms with Crippen molar-refractivity contribution < 1.29 is 28.6 Å². The molecule has 0 spiro atoms. The fourth-order valence-corrected chi connectivity index (χ4v) is 7.09. The maximum Gasteiger partial charge on any atom is 0.306 e. The van der Waals surface area contributed by atoms with Gasteiger partial charge in [-0.15, -0.1) is 0 Å². The molecule has 72 heavy (non-hydrogen) atoms. The van der Waals surface area contributed by atoms with Crippen LogP contribution < -0.4 is 0 Å². The normalized spacial score (nSPS) is 13.3. The van der Waals surface area contributed by atoms with Crippen molar-refractivity contribution in [3.8, 4) is 0 Å². The molecule has 0 bridgehead atoms. The first-order valence-electron chi connectivity index (χ1n) is 28.5. The van der Waals surface area contributed by atoms with E-state index in [0.717, 1.165) is 141 Å². The molecule has 0 aromatic heterocycles. The quantitative estimate of drug-likeness (QED) is 0.0262. The van der Waals surface area contributed by atoms with Gasteiger partial charge in [-0.2, -0.15) is 0 Å². The average Bonchev–Trinajstić information content (AvgIpc) is 3.38. The number of esters is 3. The first-order valence-corrected chi connectivity index (χ1v) is 28.5. The number of unbranched alkanes of at least 4 members (excludes halogenated alkanes) is 12. The molecule has 402 valence electrons. The fourth-order valence-electron chi connectivity index (χ4n) is 7.09. The smallest absolute Gasteiger partial charge is 0.306 e. The molecule has 0 saturated carbocycles. The molecule has 0 aromatic carbocycles. The van der Waals surface area contributed by atoms with Gasteiger partial charge in [0.05, 0.1) is 0 Å². The SMILES string of the molecule is CC/C=C\C/C=C\C/C=C\C/C=C\C/C=C\C/C=C\C/C=C\C/C=C\C/C=C\CCCCCCCC(=O)OCC(COC(=O)CCCCCCCCCC)OC(=O)CC/C=C\C/C=C\C/C=C\C/C=C\CC. The summed E-state index contributed by atoms with van der Waals surface area (Å²) in [6.45, 7) is 6.27. The number of allylic oxidation sites excluding steroid dienone is 26. The van der Waals surface area contributed by atoms with Gasteiger partial charge < -0.3 is 14.2 Å². The van der Waals surface area contributed by atoms with Crippen LogP contribution in [0.15, 0.2) is 158 Å². The first kappa shape index (κ1) is 67.0. The van der Waals surface area contributed by atoms with Gasteiger partial charge in [0.1, 0.15) is 13.2 Å². The van der Waals surface area contributed by atoms with Gasteiger partial charge in [-0.1, -0.05) is 243 Å². The lowest BCUT2D eigenvalue weighted by Crippen LogP contribution is -2.30. The minimum absolute atomic E-state index is 0.118. The highest BCUT2D eigenvalue weighted by Crippen LogP contribution is 2.12. The maximum atomic E-state index is 12.7. The number of rotatable bonds is 49. The number of carbonyl (C=O) groups is 3. The first-order chi connectivity index (χ1) is 35.5. The van der Waals surface area contributed by atoms with Gasteiger partial charge in [-0.3, -0.25) is 14.4 Å². The predicted molar refractivity (Wildman–Crippen MR) is 311 cm³/mol. The molecule has 0 amide bonds. The summed E-state index contributed by atoms with van der Waals surface area (Å²) in [5, 5.41) is 0. The van der Waals surface area contributed by atoms with Gasteiger partial charge in [-0.05, 0) is 116 Å². The van der Waals surface area contributed by atoms with E-state index in [0.29, 0.717) is 19.3 Å². The van der Waals surface area contributed by atoms with Crippen LogP contribution in [-0.4, -0.2) is 37.2 Å². The molecule has 1 atom stereocenters. The van der Waals surface area contributed by atoms with Crippen LogP contribution in [0.1, 0.15) is 220 Å². The van der Waals surface area contributed by atoms with E-state index in [9.17, 15) is 14.4 Å². The Balaban J connectivity index is 4.27.